The van der Waals surface area contributed by atoms with E-state index in [4.69, 9.17) is 25.8 Å². The lowest BCUT2D eigenvalue weighted by atomic mass is 10.0. The van der Waals surface area contributed by atoms with E-state index < -0.39 is 5.97 Å². The standard InChI is InChI=1S/C26H21BrClNO4/c1-16-10-21(27)11-17(2)26(16)32-15-25(30)33-23-9-4-18(13-24(23)31-3)12-20(14-29)19-5-7-22(28)8-6-19/h4-13H,15H2,1-3H3/b20-12+. The lowest BCUT2D eigenvalue weighted by Crippen LogP contribution is -2.18. The van der Waals surface area contributed by atoms with Crippen LogP contribution in [-0.2, 0) is 4.79 Å². The van der Waals surface area contributed by atoms with Crippen molar-refractivity contribution in [2.24, 2.45) is 0 Å². The van der Waals surface area contributed by atoms with Crippen LogP contribution in [0.5, 0.6) is 17.2 Å². The summed E-state index contributed by atoms with van der Waals surface area (Å²) in [5.74, 6) is 0.713. The Kier molecular flexibility index (Phi) is 8.16. The summed E-state index contributed by atoms with van der Waals surface area (Å²) in [4.78, 5) is 12.4. The van der Waals surface area contributed by atoms with E-state index in [9.17, 15) is 10.1 Å². The number of nitriles is 1. The van der Waals surface area contributed by atoms with Crippen molar-refractivity contribution in [2.75, 3.05) is 13.7 Å². The molecule has 7 heteroatoms. The van der Waals surface area contributed by atoms with Crippen molar-refractivity contribution in [3.8, 4) is 23.3 Å². The zero-order chi connectivity index (χ0) is 24.0. The molecule has 33 heavy (non-hydrogen) atoms. The first kappa shape index (κ1) is 24.4. The molecule has 168 valence electrons. The second-order valence-corrected chi connectivity index (χ2v) is 8.57. The molecular weight excluding hydrogens is 506 g/mol. The third-order valence-corrected chi connectivity index (χ3v) is 5.47. The van der Waals surface area contributed by atoms with E-state index in [0.717, 1.165) is 26.7 Å². The van der Waals surface area contributed by atoms with Gasteiger partial charge in [0.05, 0.1) is 18.8 Å². The van der Waals surface area contributed by atoms with Crippen molar-refractivity contribution in [2.45, 2.75) is 13.8 Å². The maximum atomic E-state index is 12.4. The highest BCUT2D eigenvalue weighted by molar-refractivity contribution is 9.10. The molecule has 0 bridgehead atoms. The summed E-state index contributed by atoms with van der Waals surface area (Å²) in [5, 5.41) is 10.1. The fraction of sp³-hybridized carbons (Fsp3) is 0.154. The van der Waals surface area contributed by atoms with Crippen LogP contribution in [0.2, 0.25) is 5.02 Å². The molecule has 3 rings (SSSR count). The molecule has 0 aliphatic heterocycles. The highest BCUT2D eigenvalue weighted by Crippen LogP contribution is 2.31. The number of carbonyl (C=O) groups excluding carboxylic acids is 1. The first-order valence-electron chi connectivity index (χ1n) is 9.96. The summed E-state index contributed by atoms with van der Waals surface area (Å²) in [6.07, 6.45) is 1.72. The second kappa shape index (κ2) is 11.0. The van der Waals surface area contributed by atoms with Crippen molar-refractivity contribution in [3.05, 3.63) is 86.3 Å². The van der Waals surface area contributed by atoms with Crippen LogP contribution >= 0.6 is 27.5 Å². The average Bonchev–Trinajstić information content (AvgIpc) is 2.78. The van der Waals surface area contributed by atoms with Gasteiger partial charge in [0.15, 0.2) is 18.1 Å². The van der Waals surface area contributed by atoms with Crippen LogP contribution in [0.1, 0.15) is 22.3 Å². The molecule has 0 atom stereocenters. The lowest BCUT2D eigenvalue weighted by Gasteiger charge is -2.13. The molecule has 5 nitrogen and oxygen atoms in total. The molecule has 0 saturated carbocycles. The van der Waals surface area contributed by atoms with Crippen LogP contribution in [0.25, 0.3) is 11.6 Å². The molecule has 0 aliphatic carbocycles. The largest absolute Gasteiger partial charge is 0.493 e. The van der Waals surface area contributed by atoms with Gasteiger partial charge in [-0.05, 0) is 78.6 Å². The Morgan fingerprint density at radius 2 is 1.73 bits per heavy atom. The second-order valence-electron chi connectivity index (χ2n) is 7.22. The van der Waals surface area contributed by atoms with E-state index in [1.165, 1.54) is 7.11 Å². The van der Waals surface area contributed by atoms with Crippen LogP contribution < -0.4 is 14.2 Å². The topological polar surface area (TPSA) is 68.5 Å². The summed E-state index contributed by atoms with van der Waals surface area (Å²) < 4.78 is 17.5. The Morgan fingerprint density at radius 3 is 2.33 bits per heavy atom. The number of hydrogen-bond acceptors (Lipinski definition) is 5. The fourth-order valence-electron chi connectivity index (χ4n) is 3.24. The van der Waals surface area contributed by atoms with E-state index in [1.54, 1.807) is 48.5 Å². The Bertz CT molecular complexity index is 1220. The maximum Gasteiger partial charge on any atom is 0.349 e. The van der Waals surface area contributed by atoms with Gasteiger partial charge in [0.25, 0.3) is 0 Å². The summed E-state index contributed by atoms with van der Waals surface area (Å²) in [7, 11) is 1.48. The fourth-order valence-corrected chi connectivity index (χ4v) is 4.06. The van der Waals surface area contributed by atoms with Crippen LogP contribution in [0.4, 0.5) is 0 Å². The van der Waals surface area contributed by atoms with Gasteiger partial charge < -0.3 is 14.2 Å². The first-order valence-corrected chi connectivity index (χ1v) is 11.1. The minimum absolute atomic E-state index is 0.247. The Labute approximate surface area is 206 Å². The van der Waals surface area contributed by atoms with Gasteiger partial charge in [-0.2, -0.15) is 5.26 Å². The molecule has 0 fully saturated rings. The number of aryl methyl sites for hydroxylation is 2. The van der Waals surface area contributed by atoms with Gasteiger partial charge in [0.2, 0.25) is 0 Å². The van der Waals surface area contributed by atoms with Gasteiger partial charge in [0, 0.05) is 9.50 Å². The van der Waals surface area contributed by atoms with Crippen molar-refractivity contribution in [1.29, 1.82) is 5.26 Å². The molecule has 0 aromatic heterocycles. The van der Waals surface area contributed by atoms with Gasteiger partial charge in [0.1, 0.15) is 5.75 Å². The predicted molar refractivity (Wildman–Crippen MR) is 133 cm³/mol. The third kappa shape index (κ3) is 6.38. The molecule has 0 aliphatic rings. The SMILES string of the molecule is COc1cc(/C=C(\C#N)c2ccc(Cl)cc2)ccc1OC(=O)COc1c(C)cc(Br)cc1C. The van der Waals surface area contributed by atoms with E-state index in [-0.39, 0.29) is 12.4 Å². The van der Waals surface area contributed by atoms with Crippen molar-refractivity contribution in [1.82, 2.24) is 0 Å². The normalized spacial score (nSPS) is 11.0. The van der Waals surface area contributed by atoms with E-state index in [1.807, 2.05) is 26.0 Å². The predicted octanol–water partition coefficient (Wildman–Crippen LogP) is 6.78. The molecular formula is C26H21BrClNO4. The van der Waals surface area contributed by atoms with Gasteiger partial charge >= 0.3 is 5.97 Å². The van der Waals surface area contributed by atoms with Crippen LogP contribution in [0, 0.1) is 25.2 Å². The summed E-state index contributed by atoms with van der Waals surface area (Å²) in [6.45, 7) is 3.57. The number of nitrogens with zero attached hydrogens (tertiary/aromatic N) is 1. The molecule has 0 amide bonds. The Morgan fingerprint density at radius 1 is 1.06 bits per heavy atom. The minimum atomic E-state index is -0.558. The molecule has 3 aromatic carbocycles. The summed E-state index contributed by atoms with van der Waals surface area (Å²) >= 11 is 9.37. The zero-order valence-electron chi connectivity index (χ0n) is 18.3. The number of halogens is 2. The molecule has 0 radical (unpaired) electrons. The number of rotatable bonds is 7. The summed E-state index contributed by atoms with van der Waals surface area (Å²) in [5.41, 5.74) is 3.75. The molecule has 0 spiro atoms. The van der Waals surface area contributed by atoms with Crippen LogP contribution in [-0.4, -0.2) is 19.7 Å². The van der Waals surface area contributed by atoms with Crippen LogP contribution in [0.3, 0.4) is 0 Å². The van der Waals surface area contributed by atoms with Gasteiger partial charge in [-0.25, -0.2) is 4.79 Å². The Balaban J connectivity index is 1.74. The molecule has 0 heterocycles. The Hall–Kier alpha value is -3.27. The van der Waals surface area contributed by atoms with E-state index >= 15 is 0 Å². The first-order chi connectivity index (χ1) is 15.8. The van der Waals surface area contributed by atoms with Gasteiger partial charge in [-0.1, -0.05) is 45.7 Å². The minimum Gasteiger partial charge on any atom is -0.493 e. The van der Waals surface area contributed by atoms with Gasteiger partial charge in [-0.15, -0.1) is 0 Å². The number of ether oxygens (including phenoxy) is 3. The molecule has 0 unspecified atom stereocenters. The van der Waals surface area contributed by atoms with Crippen molar-refractivity contribution < 1.29 is 19.0 Å². The third-order valence-electron chi connectivity index (χ3n) is 4.76. The quantitative estimate of drug-likeness (QED) is 0.147. The number of hydrogen-bond donors (Lipinski definition) is 0. The zero-order valence-corrected chi connectivity index (χ0v) is 20.7. The number of benzene rings is 3. The lowest BCUT2D eigenvalue weighted by molar-refractivity contribution is -0.136. The molecule has 0 N–H and O–H groups in total. The van der Waals surface area contributed by atoms with Gasteiger partial charge in [-0.3, -0.25) is 0 Å². The highest BCUT2D eigenvalue weighted by atomic mass is 79.9. The summed E-state index contributed by atoms with van der Waals surface area (Å²) in [6, 6.07) is 18.1. The number of carbonyl (C=O) groups is 1. The average molecular weight is 527 g/mol. The maximum absolute atomic E-state index is 12.4. The van der Waals surface area contributed by atoms with Crippen molar-refractivity contribution in [3.63, 3.8) is 0 Å². The number of methoxy groups -OCH3 is 1. The molecule has 0 saturated heterocycles. The molecule has 3 aromatic rings. The van der Waals surface area contributed by atoms with Crippen LogP contribution in [0.15, 0.2) is 59.1 Å². The smallest absolute Gasteiger partial charge is 0.349 e. The monoisotopic (exact) mass is 525 g/mol. The number of allylic oxidation sites excluding steroid dienone is 1. The van der Waals surface area contributed by atoms with E-state index in [2.05, 4.69) is 22.0 Å². The number of esters is 1. The highest BCUT2D eigenvalue weighted by Gasteiger charge is 2.14. The van der Waals surface area contributed by atoms with E-state index in [0.29, 0.717) is 22.1 Å². The van der Waals surface area contributed by atoms with Crippen molar-refractivity contribution >= 4 is 45.1 Å².